The van der Waals surface area contributed by atoms with Gasteiger partial charge in [-0.15, -0.1) is 10.2 Å². The van der Waals surface area contributed by atoms with Crippen LogP contribution in [0.5, 0.6) is 5.88 Å². The van der Waals surface area contributed by atoms with Crippen LogP contribution >= 0.6 is 0 Å². The first-order chi connectivity index (χ1) is 10.7. The summed E-state index contributed by atoms with van der Waals surface area (Å²) in [5, 5.41) is 8.45. The number of hydrogen-bond donors (Lipinski definition) is 0. The molecule has 1 saturated carbocycles. The molecule has 2 aromatic heterocycles. The Bertz CT molecular complexity index is 585. The van der Waals surface area contributed by atoms with E-state index in [0.717, 1.165) is 17.8 Å². The molecule has 0 bridgehead atoms. The average Bonchev–Trinajstić information content (AvgIpc) is 2.57. The second kappa shape index (κ2) is 6.83. The van der Waals surface area contributed by atoms with Crippen molar-refractivity contribution in [3.63, 3.8) is 0 Å². The summed E-state index contributed by atoms with van der Waals surface area (Å²) in [5.41, 5.74) is 1.59. The standard InChI is InChI=1S/C17H22N4O/c1-21(2)15-8-3-4-9-16(15)22-17-11-10-14(19-20-17)13-7-5-6-12-18-13/h5-7,10-12,15-16H,3-4,8-9H2,1-2H3/t15-,16-/m0/s1. The molecule has 2 heterocycles. The third-order valence-electron chi connectivity index (χ3n) is 4.17. The van der Waals surface area contributed by atoms with Gasteiger partial charge in [-0.1, -0.05) is 12.5 Å². The van der Waals surface area contributed by atoms with Gasteiger partial charge >= 0.3 is 0 Å². The van der Waals surface area contributed by atoms with Gasteiger partial charge in [-0.2, -0.15) is 0 Å². The van der Waals surface area contributed by atoms with Gasteiger partial charge in [-0.3, -0.25) is 4.98 Å². The van der Waals surface area contributed by atoms with Gasteiger partial charge in [0.05, 0.1) is 5.69 Å². The van der Waals surface area contributed by atoms with Crippen molar-refractivity contribution in [1.82, 2.24) is 20.1 Å². The van der Waals surface area contributed by atoms with Crippen molar-refractivity contribution in [3.8, 4) is 17.3 Å². The Morgan fingerprint density at radius 2 is 1.86 bits per heavy atom. The van der Waals surface area contributed by atoms with E-state index in [1.165, 1.54) is 19.3 Å². The summed E-state index contributed by atoms with van der Waals surface area (Å²) in [4.78, 5) is 6.53. The van der Waals surface area contributed by atoms with Crippen LogP contribution in [0.2, 0.25) is 0 Å². The zero-order chi connectivity index (χ0) is 15.4. The molecule has 22 heavy (non-hydrogen) atoms. The zero-order valence-electron chi connectivity index (χ0n) is 13.1. The fourth-order valence-electron chi connectivity index (χ4n) is 2.99. The van der Waals surface area contributed by atoms with Crippen LogP contribution in [0.25, 0.3) is 11.4 Å². The summed E-state index contributed by atoms with van der Waals surface area (Å²) < 4.78 is 6.08. The highest BCUT2D eigenvalue weighted by atomic mass is 16.5. The first-order valence-corrected chi connectivity index (χ1v) is 7.82. The van der Waals surface area contributed by atoms with E-state index >= 15 is 0 Å². The molecule has 5 nitrogen and oxygen atoms in total. The number of hydrogen-bond acceptors (Lipinski definition) is 5. The number of rotatable bonds is 4. The zero-order valence-corrected chi connectivity index (χ0v) is 13.1. The van der Waals surface area contributed by atoms with Gasteiger partial charge in [0.15, 0.2) is 0 Å². The van der Waals surface area contributed by atoms with Crippen molar-refractivity contribution < 1.29 is 4.74 Å². The SMILES string of the molecule is CN(C)[C@H]1CCCC[C@@H]1Oc1ccc(-c2ccccn2)nn1. The molecule has 0 amide bonds. The molecule has 0 saturated heterocycles. The van der Waals surface area contributed by atoms with Crippen LogP contribution in [0, 0.1) is 0 Å². The number of likely N-dealkylation sites (N-methyl/N-ethyl adjacent to an activating group) is 1. The van der Waals surface area contributed by atoms with Gasteiger partial charge in [-0.25, -0.2) is 0 Å². The van der Waals surface area contributed by atoms with Crippen LogP contribution in [-0.2, 0) is 0 Å². The van der Waals surface area contributed by atoms with E-state index in [4.69, 9.17) is 4.74 Å². The predicted octanol–water partition coefficient (Wildman–Crippen LogP) is 2.79. The maximum absolute atomic E-state index is 6.08. The van der Waals surface area contributed by atoms with Gasteiger partial charge in [-0.05, 0) is 51.6 Å². The van der Waals surface area contributed by atoms with Crippen LogP contribution < -0.4 is 4.74 Å². The van der Waals surface area contributed by atoms with Gasteiger partial charge < -0.3 is 9.64 Å². The third-order valence-corrected chi connectivity index (χ3v) is 4.17. The maximum atomic E-state index is 6.08. The van der Waals surface area contributed by atoms with Gasteiger partial charge in [0.25, 0.3) is 0 Å². The second-order valence-electron chi connectivity index (χ2n) is 5.94. The summed E-state index contributed by atoms with van der Waals surface area (Å²) in [6.45, 7) is 0. The van der Waals surface area contributed by atoms with E-state index in [1.54, 1.807) is 6.20 Å². The van der Waals surface area contributed by atoms with Crippen molar-refractivity contribution in [2.45, 2.75) is 37.8 Å². The molecule has 2 aromatic rings. The lowest BCUT2D eigenvalue weighted by Crippen LogP contribution is -2.44. The van der Waals surface area contributed by atoms with Crippen LogP contribution in [0.15, 0.2) is 36.5 Å². The molecular formula is C17H22N4O. The molecule has 0 N–H and O–H groups in total. The van der Waals surface area contributed by atoms with E-state index < -0.39 is 0 Å². The Hall–Kier alpha value is -2.01. The normalized spacial score (nSPS) is 21.8. The van der Waals surface area contributed by atoms with E-state index in [1.807, 2.05) is 30.3 Å². The van der Waals surface area contributed by atoms with Crippen molar-refractivity contribution >= 4 is 0 Å². The lowest BCUT2D eigenvalue weighted by Gasteiger charge is -2.35. The highest BCUT2D eigenvalue weighted by molar-refractivity contribution is 5.52. The van der Waals surface area contributed by atoms with Crippen LogP contribution in [0.4, 0.5) is 0 Å². The Kier molecular flexibility index (Phi) is 4.63. The summed E-state index contributed by atoms with van der Waals surface area (Å²) in [5.74, 6) is 0.596. The molecule has 0 aliphatic heterocycles. The van der Waals surface area contributed by atoms with Crippen molar-refractivity contribution in [3.05, 3.63) is 36.5 Å². The number of pyridine rings is 1. The monoisotopic (exact) mass is 298 g/mol. The molecule has 0 unspecified atom stereocenters. The average molecular weight is 298 g/mol. The molecule has 0 spiro atoms. The van der Waals surface area contributed by atoms with E-state index in [-0.39, 0.29) is 6.10 Å². The molecule has 5 heteroatoms. The van der Waals surface area contributed by atoms with Crippen molar-refractivity contribution in [2.75, 3.05) is 14.1 Å². The molecule has 1 aliphatic rings. The fraction of sp³-hybridized carbons (Fsp3) is 0.471. The second-order valence-corrected chi connectivity index (χ2v) is 5.94. The van der Waals surface area contributed by atoms with Crippen LogP contribution in [-0.4, -0.2) is 46.3 Å². The highest BCUT2D eigenvalue weighted by Crippen LogP contribution is 2.25. The van der Waals surface area contributed by atoms with Gasteiger partial charge in [0.1, 0.15) is 11.8 Å². The summed E-state index contributed by atoms with van der Waals surface area (Å²) in [6.07, 6.45) is 6.69. The van der Waals surface area contributed by atoms with Gasteiger partial charge in [0.2, 0.25) is 5.88 Å². The first-order valence-electron chi connectivity index (χ1n) is 7.82. The molecule has 0 aromatic carbocycles. The minimum absolute atomic E-state index is 0.193. The minimum atomic E-state index is 0.193. The largest absolute Gasteiger partial charge is 0.472 e. The molecule has 0 radical (unpaired) electrons. The Balaban J connectivity index is 1.70. The Morgan fingerprint density at radius 3 is 2.55 bits per heavy atom. The lowest BCUT2D eigenvalue weighted by molar-refractivity contribution is 0.0581. The van der Waals surface area contributed by atoms with E-state index in [2.05, 4.69) is 34.2 Å². The summed E-state index contributed by atoms with van der Waals surface area (Å²) in [6, 6.07) is 10.0. The quantitative estimate of drug-likeness (QED) is 0.868. The van der Waals surface area contributed by atoms with E-state index in [0.29, 0.717) is 11.9 Å². The number of aromatic nitrogens is 3. The topological polar surface area (TPSA) is 51.1 Å². The molecule has 116 valence electrons. The highest BCUT2D eigenvalue weighted by Gasteiger charge is 2.28. The lowest BCUT2D eigenvalue weighted by atomic mass is 9.92. The fourth-order valence-corrected chi connectivity index (χ4v) is 2.99. The number of ether oxygens (including phenoxy) is 1. The summed E-state index contributed by atoms with van der Waals surface area (Å²) >= 11 is 0. The van der Waals surface area contributed by atoms with E-state index in [9.17, 15) is 0 Å². The van der Waals surface area contributed by atoms with Crippen LogP contribution in [0.3, 0.4) is 0 Å². The Morgan fingerprint density at radius 1 is 1.00 bits per heavy atom. The smallest absolute Gasteiger partial charge is 0.233 e. The Labute approximate surface area is 131 Å². The van der Waals surface area contributed by atoms with Crippen LogP contribution in [0.1, 0.15) is 25.7 Å². The van der Waals surface area contributed by atoms with Gasteiger partial charge in [0, 0.05) is 18.3 Å². The first kappa shape index (κ1) is 14.9. The summed E-state index contributed by atoms with van der Waals surface area (Å²) in [7, 11) is 4.23. The third kappa shape index (κ3) is 3.42. The molecule has 2 atom stereocenters. The molecule has 1 fully saturated rings. The predicted molar refractivity (Wildman–Crippen MR) is 85.6 cm³/mol. The minimum Gasteiger partial charge on any atom is -0.472 e. The van der Waals surface area contributed by atoms with Crippen molar-refractivity contribution in [1.29, 1.82) is 0 Å². The maximum Gasteiger partial charge on any atom is 0.233 e. The molecule has 1 aliphatic carbocycles. The van der Waals surface area contributed by atoms with Crippen molar-refractivity contribution in [2.24, 2.45) is 0 Å². The number of nitrogens with zero attached hydrogens (tertiary/aromatic N) is 4. The molecular weight excluding hydrogens is 276 g/mol. The molecule has 3 rings (SSSR count).